The fourth-order valence-electron chi connectivity index (χ4n) is 6.21. The Balaban J connectivity index is 2.11. The number of unbranched alkanes of at least 4 members (excludes halogenated alkanes) is 3. The highest BCUT2D eigenvalue weighted by atomic mass is 35.5. The van der Waals surface area contributed by atoms with Crippen molar-refractivity contribution in [2.24, 2.45) is 17.6 Å². The van der Waals surface area contributed by atoms with Crippen molar-refractivity contribution in [1.29, 1.82) is 0 Å². The number of aliphatic carboxylic acids is 1. The first-order valence-corrected chi connectivity index (χ1v) is 18.7. The summed E-state index contributed by atoms with van der Waals surface area (Å²) in [4.78, 5) is 68.8. The monoisotopic (exact) mass is 757 g/mol. The Hall–Kier alpha value is -3.13. The second-order valence-electron chi connectivity index (χ2n) is 14.3. The molecule has 51 heavy (non-hydrogen) atoms. The third-order valence-corrected chi connectivity index (χ3v) is 9.68. The van der Waals surface area contributed by atoms with E-state index in [1.165, 1.54) is 29.0 Å². The summed E-state index contributed by atoms with van der Waals surface area (Å²) in [5.74, 6) is -4.08. The number of halogens is 2. The fraction of sp³-hybridized carbons (Fsp3) is 0.694. The van der Waals surface area contributed by atoms with E-state index in [1.54, 1.807) is 26.0 Å². The number of likely N-dealkylation sites (N-methyl/N-ethyl adjacent to an activating group) is 1. The molecule has 0 bridgehead atoms. The molecule has 0 unspecified atom stereocenters. The van der Waals surface area contributed by atoms with E-state index < -0.39 is 76.7 Å². The number of carbonyl (C=O) groups is 5. The first kappa shape index (κ1) is 44.0. The van der Waals surface area contributed by atoms with Crippen LogP contribution in [0.2, 0.25) is 0 Å². The van der Waals surface area contributed by atoms with E-state index in [0.29, 0.717) is 37.7 Å². The van der Waals surface area contributed by atoms with Gasteiger partial charge in [-0.1, -0.05) is 65.5 Å². The maximum Gasteiger partial charge on any atom is 0.326 e. The van der Waals surface area contributed by atoms with Crippen LogP contribution in [-0.4, -0.2) is 109 Å². The number of nitrogens with two attached hydrogens (primary N) is 1. The lowest BCUT2D eigenvalue weighted by Gasteiger charge is -2.35. The van der Waals surface area contributed by atoms with Crippen molar-refractivity contribution in [2.75, 3.05) is 13.6 Å². The van der Waals surface area contributed by atoms with Gasteiger partial charge in [0, 0.05) is 26.1 Å². The van der Waals surface area contributed by atoms with E-state index in [0.717, 1.165) is 19.3 Å². The average molecular weight is 759 g/mol. The normalized spacial score (nSPS) is 17.6. The molecule has 1 aliphatic heterocycles. The van der Waals surface area contributed by atoms with Crippen molar-refractivity contribution < 1.29 is 39.3 Å². The highest BCUT2D eigenvalue weighted by Crippen LogP contribution is 2.22. The van der Waals surface area contributed by atoms with Gasteiger partial charge in [-0.2, -0.15) is 0 Å². The Morgan fingerprint density at radius 2 is 1.59 bits per heavy atom. The van der Waals surface area contributed by atoms with Gasteiger partial charge in [-0.25, -0.2) is 4.79 Å². The van der Waals surface area contributed by atoms with Gasteiger partial charge in [0.2, 0.25) is 17.7 Å². The van der Waals surface area contributed by atoms with E-state index >= 15 is 0 Å². The predicted octanol–water partition coefficient (Wildman–Crippen LogP) is 3.34. The molecule has 1 heterocycles. The maximum atomic E-state index is 14.0. The van der Waals surface area contributed by atoms with Crippen LogP contribution in [0.25, 0.3) is 0 Å². The smallest absolute Gasteiger partial charge is 0.326 e. The van der Waals surface area contributed by atoms with Crippen LogP contribution in [0, 0.1) is 11.8 Å². The average Bonchev–Trinajstić information content (AvgIpc) is 3.56. The Morgan fingerprint density at radius 1 is 0.980 bits per heavy atom. The summed E-state index contributed by atoms with van der Waals surface area (Å²) in [5, 5.41) is 35.6. The minimum atomic E-state index is -1.49. The number of nitrogens with zero attached hydrogens (tertiary/aromatic N) is 2. The summed E-state index contributed by atoms with van der Waals surface area (Å²) in [6, 6.07) is 0.852. The second kappa shape index (κ2) is 21.4. The summed E-state index contributed by atoms with van der Waals surface area (Å²) in [6.45, 7) is 7.49. The third kappa shape index (κ3) is 14.1. The van der Waals surface area contributed by atoms with Crippen molar-refractivity contribution in [3.8, 4) is 5.75 Å². The van der Waals surface area contributed by atoms with Gasteiger partial charge in [0.05, 0.1) is 0 Å². The van der Waals surface area contributed by atoms with Crippen LogP contribution in [0.4, 0.5) is 0 Å². The lowest BCUT2D eigenvalue weighted by atomic mass is 9.97. The summed E-state index contributed by atoms with van der Waals surface area (Å²) < 4.78 is 0. The number of nitrogens with one attached hydrogen (secondary N) is 2. The molecule has 1 aromatic rings. The Bertz CT molecular complexity index is 1300. The molecule has 0 spiro atoms. The minimum Gasteiger partial charge on any atom is -0.508 e. The van der Waals surface area contributed by atoms with Crippen molar-refractivity contribution in [2.45, 2.75) is 133 Å². The zero-order chi connectivity index (χ0) is 38.4. The molecule has 15 heteroatoms. The standard InChI is InChI=1S/C36H57Cl2N5O8/c1-21(2)19-28(33(47)40-26(36(50)51)20-23-14-16-24(44)17-15-23)42(5)34(48)30(22(3)4)41-32(46)27-12-10-18-43(27)35(49)31(45)25(39)11-8-6-7-9-13-29(37)38/h14-17,21-22,25-31,44-45H,6-13,18-20,39H2,1-5H3,(H,40,47)(H,41,46)(H,50,51)/t25-,26-,27-,28-,30-,31+/m0/s1. The predicted molar refractivity (Wildman–Crippen MR) is 196 cm³/mol. The zero-order valence-electron chi connectivity index (χ0n) is 30.4. The number of carbonyl (C=O) groups excluding carboxylic acids is 4. The Kier molecular flexibility index (Phi) is 18.5. The molecule has 13 nitrogen and oxygen atoms in total. The van der Waals surface area contributed by atoms with Gasteiger partial charge >= 0.3 is 5.97 Å². The van der Waals surface area contributed by atoms with Crippen LogP contribution >= 0.6 is 23.2 Å². The van der Waals surface area contributed by atoms with Gasteiger partial charge in [-0.15, -0.1) is 23.2 Å². The van der Waals surface area contributed by atoms with E-state index in [2.05, 4.69) is 10.6 Å². The number of carboxylic acid groups (broad SMARTS) is 1. The van der Waals surface area contributed by atoms with E-state index in [9.17, 15) is 39.3 Å². The summed E-state index contributed by atoms with van der Waals surface area (Å²) in [5.41, 5.74) is 6.76. The van der Waals surface area contributed by atoms with Crippen molar-refractivity contribution in [1.82, 2.24) is 20.4 Å². The molecule has 0 radical (unpaired) electrons. The van der Waals surface area contributed by atoms with Gasteiger partial charge in [0.1, 0.15) is 40.9 Å². The third-order valence-electron chi connectivity index (χ3n) is 9.24. The van der Waals surface area contributed by atoms with Gasteiger partial charge < -0.3 is 41.5 Å². The van der Waals surface area contributed by atoms with Gasteiger partial charge in [-0.05, 0) is 61.6 Å². The number of carboxylic acids is 1. The number of phenols is 1. The van der Waals surface area contributed by atoms with E-state index in [1.807, 2.05) is 13.8 Å². The minimum absolute atomic E-state index is 0.0231. The van der Waals surface area contributed by atoms with Crippen molar-refractivity contribution >= 4 is 52.8 Å². The number of aliphatic hydroxyl groups excluding tert-OH is 1. The molecule has 2 rings (SSSR count). The molecule has 1 fully saturated rings. The number of rotatable bonds is 21. The molecular formula is C36H57Cl2N5O8. The van der Waals surface area contributed by atoms with Gasteiger partial charge in [-0.3, -0.25) is 19.2 Å². The molecule has 7 N–H and O–H groups in total. The summed E-state index contributed by atoms with van der Waals surface area (Å²) in [7, 11) is 1.45. The summed E-state index contributed by atoms with van der Waals surface area (Å²) in [6.07, 6.45) is 4.01. The van der Waals surface area contributed by atoms with Crippen LogP contribution < -0.4 is 16.4 Å². The lowest BCUT2D eigenvalue weighted by molar-refractivity contribution is -0.148. The topological polar surface area (TPSA) is 203 Å². The molecule has 1 aliphatic rings. The Labute approximate surface area is 311 Å². The zero-order valence-corrected chi connectivity index (χ0v) is 31.9. The number of aromatic hydroxyl groups is 1. The maximum absolute atomic E-state index is 14.0. The molecule has 288 valence electrons. The highest BCUT2D eigenvalue weighted by molar-refractivity contribution is 6.44. The van der Waals surface area contributed by atoms with Crippen LogP contribution in [0.5, 0.6) is 5.75 Å². The van der Waals surface area contributed by atoms with Crippen molar-refractivity contribution in [3.05, 3.63) is 29.8 Å². The molecule has 0 saturated carbocycles. The largest absolute Gasteiger partial charge is 0.508 e. The van der Waals surface area contributed by atoms with Crippen LogP contribution in [0.15, 0.2) is 24.3 Å². The molecule has 0 aromatic heterocycles. The number of likely N-dealkylation sites (tertiary alicyclic amines) is 1. The first-order valence-electron chi connectivity index (χ1n) is 17.8. The van der Waals surface area contributed by atoms with Gasteiger partial charge in [0.25, 0.3) is 5.91 Å². The number of hydrogen-bond donors (Lipinski definition) is 6. The van der Waals surface area contributed by atoms with Crippen LogP contribution in [0.1, 0.15) is 91.0 Å². The quantitative estimate of drug-likeness (QED) is 0.0803. The molecule has 4 amide bonds. The number of benzene rings is 1. The fourth-order valence-corrected chi connectivity index (χ4v) is 6.51. The molecule has 1 aromatic carbocycles. The summed E-state index contributed by atoms with van der Waals surface area (Å²) >= 11 is 11.5. The molecule has 0 aliphatic carbocycles. The first-order chi connectivity index (χ1) is 23.9. The van der Waals surface area contributed by atoms with E-state index in [4.69, 9.17) is 28.9 Å². The number of amides is 4. The van der Waals surface area contributed by atoms with Crippen molar-refractivity contribution in [3.63, 3.8) is 0 Å². The second-order valence-corrected chi connectivity index (χ2v) is 15.6. The van der Waals surface area contributed by atoms with Gasteiger partial charge in [0.15, 0.2) is 0 Å². The highest BCUT2D eigenvalue weighted by Gasteiger charge is 2.41. The molecule has 1 saturated heterocycles. The number of aliphatic hydroxyl groups is 1. The van der Waals surface area contributed by atoms with E-state index in [-0.39, 0.29) is 31.1 Å². The van der Waals surface area contributed by atoms with Crippen LogP contribution in [-0.2, 0) is 30.4 Å². The molecular weight excluding hydrogens is 701 g/mol. The van der Waals surface area contributed by atoms with Crippen LogP contribution in [0.3, 0.4) is 0 Å². The lowest BCUT2D eigenvalue weighted by Crippen LogP contribution is -2.60. The number of alkyl halides is 2. The molecule has 6 atom stereocenters. The number of phenolic OH excluding ortho intramolecular Hbond substituents is 1. The SMILES string of the molecule is CC(C)C[C@@H](C(=O)N[C@@H](Cc1ccc(O)cc1)C(=O)O)N(C)C(=O)[C@@H](NC(=O)[C@@H]1CCCN1C(=O)[C@H](O)[C@@H](N)CCCCCCC(Cl)Cl)C(C)C. The number of hydrogen-bond acceptors (Lipinski definition) is 8. The Morgan fingerprint density at radius 3 is 2.14 bits per heavy atom.